The van der Waals surface area contributed by atoms with Crippen molar-refractivity contribution in [3.63, 3.8) is 0 Å². The Morgan fingerprint density at radius 2 is 1.75 bits per heavy atom. The summed E-state index contributed by atoms with van der Waals surface area (Å²) in [6.45, 7) is 2.06. The molecule has 0 aliphatic carbocycles. The summed E-state index contributed by atoms with van der Waals surface area (Å²) in [5, 5.41) is 12.5. The SMILES string of the molecule is Cc1ccccc1/C=N\n1cnnc1-c1ccccc1. The highest BCUT2D eigenvalue weighted by molar-refractivity contribution is 5.81. The molecule has 0 amide bonds. The fourth-order valence-electron chi connectivity index (χ4n) is 1.95. The third-order valence-corrected chi connectivity index (χ3v) is 3.07. The molecule has 1 aromatic heterocycles. The quantitative estimate of drug-likeness (QED) is 0.680. The molecule has 0 aliphatic rings. The van der Waals surface area contributed by atoms with E-state index in [1.54, 1.807) is 11.0 Å². The van der Waals surface area contributed by atoms with Crippen molar-refractivity contribution in [3.05, 3.63) is 72.1 Å². The molecule has 0 bridgehead atoms. The zero-order valence-electron chi connectivity index (χ0n) is 11.1. The van der Waals surface area contributed by atoms with Crippen LogP contribution in [0, 0.1) is 6.92 Å². The molecule has 0 radical (unpaired) electrons. The van der Waals surface area contributed by atoms with E-state index in [1.807, 2.05) is 54.7 Å². The number of hydrogen-bond donors (Lipinski definition) is 0. The molecule has 1 heterocycles. The van der Waals surface area contributed by atoms with Crippen LogP contribution in [-0.4, -0.2) is 21.1 Å². The molecule has 0 N–H and O–H groups in total. The summed E-state index contributed by atoms with van der Waals surface area (Å²) >= 11 is 0. The minimum atomic E-state index is 0.732. The van der Waals surface area contributed by atoms with Gasteiger partial charge in [0.25, 0.3) is 0 Å². The lowest BCUT2D eigenvalue weighted by Crippen LogP contribution is -1.94. The summed E-state index contributed by atoms with van der Waals surface area (Å²) in [7, 11) is 0. The fraction of sp³-hybridized carbons (Fsp3) is 0.0625. The van der Waals surface area contributed by atoms with Crippen molar-refractivity contribution in [2.45, 2.75) is 6.92 Å². The summed E-state index contributed by atoms with van der Waals surface area (Å²) in [6, 6.07) is 18.0. The first-order chi connectivity index (χ1) is 9.84. The van der Waals surface area contributed by atoms with Crippen molar-refractivity contribution >= 4 is 6.21 Å². The average Bonchev–Trinajstić information content (AvgIpc) is 2.96. The zero-order valence-corrected chi connectivity index (χ0v) is 11.1. The van der Waals surface area contributed by atoms with E-state index in [9.17, 15) is 0 Å². The van der Waals surface area contributed by atoms with E-state index in [2.05, 4.69) is 28.3 Å². The van der Waals surface area contributed by atoms with Crippen LogP contribution in [0.5, 0.6) is 0 Å². The van der Waals surface area contributed by atoms with E-state index in [0.29, 0.717) is 0 Å². The summed E-state index contributed by atoms with van der Waals surface area (Å²) < 4.78 is 1.68. The van der Waals surface area contributed by atoms with Gasteiger partial charge >= 0.3 is 0 Å². The van der Waals surface area contributed by atoms with Gasteiger partial charge in [0.15, 0.2) is 5.82 Å². The van der Waals surface area contributed by atoms with Gasteiger partial charge in [0, 0.05) is 5.56 Å². The monoisotopic (exact) mass is 262 g/mol. The maximum Gasteiger partial charge on any atom is 0.184 e. The van der Waals surface area contributed by atoms with E-state index >= 15 is 0 Å². The Labute approximate surface area is 117 Å². The van der Waals surface area contributed by atoms with E-state index in [-0.39, 0.29) is 0 Å². The molecule has 20 heavy (non-hydrogen) atoms. The lowest BCUT2D eigenvalue weighted by molar-refractivity contribution is 0.888. The fourth-order valence-corrected chi connectivity index (χ4v) is 1.95. The number of aryl methyl sites for hydroxylation is 1. The Bertz CT molecular complexity index is 729. The summed E-state index contributed by atoms with van der Waals surface area (Å²) in [4.78, 5) is 0. The normalized spacial score (nSPS) is 11.1. The Balaban J connectivity index is 1.94. The van der Waals surface area contributed by atoms with E-state index in [4.69, 9.17) is 0 Å². The Morgan fingerprint density at radius 3 is 2.55 bits per heavy atom. The Morgan fingerprint density at radius 1 is 1.00 bits per heavy atom. The molecule has 0 saturated carbocycles. The van der Waals surface area contributed by atoms with Crippen LogP contribution in [0.3, 0.4) is 0 Å². The van der Waals surface area contributed by atoms with Gasteiger partial charge in [-0.25, -0.2) is 0 Å². The highest BCUT2D eigenvalue weighted by atomic mass is 15.4. The van der Waals surface area contributed by atoms with Crippen LogP contribution in [0.1, 0.15) is 11.1 Å². The van der Waals surface area contributed by atoms with Crippen LogP contribution in [0.25, 0.3) is 11.4 Å². The van der Waals surface area contributed by atoms with Gasteiger partial charge in [0.1, 0.15) is 6.33 Å². The second kappa shape index (κ2) is 5.48. The second-order valence-electron chi connectivity index (χ2n) is 4.47. The summed E-state index contributed by atoms with van der Waals surface area (Å²) in [5.74, 6) is 0.732. The van der Waals surface area contributed by atoms with E-state index < -0.39 is 0 Å². The van der Waals surface area contributed by atoms with Gasteiger partial charge in [-0.3, -0.25) is 0 Å². The summed E-state index contributed by atoms with van der Waals surface area (Å²) in [6.07, 6.45) is 3.43. The van der Waals surface area contributed by atoms with Crippen LogP contribution in [0.2, 0.25) is 0 Å². The third-order valence-electron chi connectivity index (χ3n) is 3.07. The molecular formula is C16H14N4. The van der Waals surface area contributed by atoms with Crippen molar-refractivity contribution in [3.8, 4) is 11.4 Å². The number of aromatic nitrogens is 3. The van der Waals surface area contributed by atoms with Crippen LogP contribution < -0.4 is 0 Å². The summed E-state index contributed by atoms with van der Waals surface area (Å²) in [5.41, 5.74) is 3.26. The number of rotatable bonds is 3. The van der Waals surface area contributed by atoms with Gasteiger partial charge in [-0.1, -0.05) is 54.6 Å². The zero-order chi connectivity index (χ0) is 13.8. The molecule has 0 saturated heterocycles. The van der Waals surface area contributed by atoms with E-state index in [0.717, 1.165) is 17.0 Å². The Kier molecular flexibility index (Phi) is 3.37. The van der Waals surface area contributed by atoms with Gasteiger partial charge in [0.2, 0.25) is 0 Å². The number of hydrogen-bond acceptors (Lipinski definition) is 3. The molecule has 0 spiro atoms. The molecule has 3 rings (SSSR count). The lowest BCUT2D eigenvalue weighted by Gasteiger charge is -2.01. The first-order valence-electron chi connectivity index (χ1n) is 6.40. The molecular weight excluding hydrogens is 248 g/mol. The van der Waals surface area contributed by atoms with Crippen molar-refractivity contribution in [2.75, 3.05) is 0 Å². The van der Waals surface area contributed by atoms with Crippen molar-refractivity contribution in [1.82, 2.24) is 14.9 Å². The molecule has 0 fully saturated rings. The van der Waals surface area contributed by atoms with Crippen LogP contribution in [0.4, 0.5) is 0 Å². The van der Waals surface area contributed by atoms with Crippen molar-refractivity contribution < 1.29 is 0 Å². The molecule has 0 aliphatic heterocycles. The van der Waals surface area contributed by atoms with Gasteiger partial charge in [-0.15, -0.1) is 10.2 Å². The maximum absolute atomic E-state index is 4.44. The van der Waals surface area contributed by atoms with Gasteiger partial charge < -0.3 is 0 Å². The maximum atomic E-state index is 4.44. The largest absolute Gasteiger partial charge is 0.200 e. The smallest absolute Gasteiger partial charge is 0.184 e. The Hall–Kier alpha value is -2.75. The first kappa shape index (κ1) is 12.3. The first-order valence-corrected chi connectivity index (χ1v) is 6.40. The highest BCUT2D eigenvalue weighted by Gasteiger charge is 2.05. The average molecular weight is 262 g/mol. The van der Waals surface area contributed by atoms with Crippen LogP contribution >= 0.6 is 0 Å². The predicted octanol–water partition coefficient (Wildman–Crippen LogP) is 3.14. The van der Waals surface area contributed by atoms with Gasteiger partial charge in [-0.2, -0.15) is 9.78 Å². The van der Waals surface area contributed by atoms with E-state index in [1.165, 1.54) is 5.56 Å². The molecule has 98 valence electrons. The predicted molar refractivity (Wildman–Crippen MR) is 79.6 cm³/mol. The number of benzene rings is 2. The minimum Gasteiger partial charge on any atom is -0.200 e. The molecule has 0 unspecified atom stereocenters. The van der Waals surface area contributed by atoms with Crippen LogP contribution in [-0.2, 0) is 0 Å². The van der Waals surface area contributed by atoms with Gasteiger partial charge in [-0.05, 0) is 18.1 Å². The molecule has 0 atom stereocenters. The lowest BCUT2D eigenvalue weighted by atomic mass is 10.1. The second-order valence-corrected chi connectivity index (χ2v) is 4.47. The molecule has 2 aromatic carbocycles. The topological polar surface area (TPSA) is 43.1 Å². The molecule has 4 heteroatoms. The number of nitrogens with zero attached hydrogens (tertiary/aromatic N) is 4. The highest BCUT2D eigenvalue weighted by Crippen LogP contribution is 2.15. The standard InChI is InChI=1S/C16H14N4/c1-13-7-5-6-10-15(13)11-18-20-12-17-19-16(20)14-8-3-2-4-9-14/h2-12H,1H3/b18-11-. The van der Waals surface area contributed by atoms with Crippen LogP contribution in [0.15, 0.2) is 66.0 Å². The minimum absolute atomic E-state index is 0.732. The third kappa shape index (κ3) is 2.49. The molecule has 3 aromatic rings. The van der Waals surface area contributed by atoms with Crippen molar-refractivity contribution in [1.29, 1.82) is 0 Å². The van der Waals surface area contributed by atoms with Gasteiger partial charge in [0.05, 0.1) is 6.21 Å². The van der Waals surface area contributed by atoms with Crippen molar-refractivity contribution in [2.24, 2.45) is 5.10 Å². The molecule has 4 nitrogen and oxygen atoms in total.